The number of oxazole rings is 1. The van der Waals surface area contributed by atoms with Crippen molar-refractivity contribution in [1.82, 2.24) is 4.98 Å². The highest BCUT2D eigenvalue weighted by molar-refractivity contribution is 7.99. The summed E-state index contributed by atoms with van der Waals surface area (Å²) in [5, 5.41) is 0.521. The average Bonchev–Trinajstić information content (AvgIpc) is 2.61. The third kappa shape index (κ3) is 3.93. The van der Waals surface area contributed by atoms with Gasteiger partial charge in [-0.05, 0) is 13.8 Å². The first-order valence-electron chi connectivity index (χ1n) is 4.60. The molecular weight excluding hydrogens is 216 g/mol. The number of ether oxygens (including phenoxy) is 1. The molecule has 0 bridgehead atoms. The minimum Gasteiger partial charge on any atom is -0.465 e. The van der Waals surface area contributed by atoms with Crippen molar-refractivity contribution in [2.45, 2.75) is 25.1 Å². The van der Waals surface area contributed by atoms with Gasteiger partial charge in [-0.2, -0.15) is 0 Å². The fraction of sp³-hybridized carbons (Fsp3) is 0.556. The SMILES string of the molecule is CCOC(=O)C(N)CSc1nc(C)co1. The molecule has 1 atom stereocenters. The van der Waals surface area contributed by atoms with Crippen LogP contribution in [0.25, 0.3) is 0 Å². The molecule has 5 nitrogen and oxygen atoms in total. The second-order valence-electron chi connectivity index (χ2n) is 2.92. The number of carbonyl (C=O) groups excluding carboxylic acids is 1. The molecule has 0 aliphatic carbocycles. The van der Waals surface area contributed by atoms with Crippen molar-refractivity contribution < 1.29 is 13.9 Å². The topological polar surface area (TPSA) is 78.4 Å². The Hall–Kier alpha value is -1.01. The number of carbonyl (C=O) groups is 1. The molecule has 0 saturated heterocycles. The van der Waals surface area contributed by atoms with Gasteiger partial charge in [0, 0.05) is 5.75 Å². The highest BCUT2D eigenvalue weighted by Gasteiger charge is 2.15. The predicted molar refractivity (Wildman–Crippen MR) is 56.6 cm³/mol. The van der Waals surface area contributed by atoms with E-state index in [9.17, 15) is 4.79 Å². The zero-order valence-electron chi connectivity index (χ0n) is 8.73. The van der Waals surface area contributed by atoms with E-state index in [2.05, 4.69) is 4.98 Å². The quantitative estimate of drug-likeness (QED) is 0.599. The molecule has 1 aromatic rings. The summed E-state index contributed by atoms with van der Waals surface area (Å²) in [6.45, 7) is 3.92. The number of hydrogen-bond donors (Lipinski definition) is 1. The van der Waals surface area contributed by atoms with E-state index in [0.717, 1.165) is 5.69 Å². The number of aromatic nitrogens is 1. The Bertz CT molecular complexity index is 327. The van der Waals surface area contributed by atoms with Gasteiger partial charge in [-0.3, -0.25) is 4.79 Å². The third-order valence-corrected chi connectivity index (χ3v) is 2.53. The van der Waals surface area contributed by atoms with Gasteiger partial charge in [-0.1, -0.05) is 11.8 Å². The van der Waals surface area contributed by atoms with E-state index in [0.29, 0.717) is 17.6 Å². The van der Waals surface area contributed by atoms with Gasteiger partial charge in [0.05, 0.1) is 12.3 Å². The van der Waals surface area contributed by atoms with Crippen LogP contribution in [0.3, 0.4) is 0 Å². The molecule has 1 heterocycles. The average molecular weight is 230 g/mol. The fourth-order valence-corrected chi connectivity index (χ4v) is 1.66. The van der Waals surface area contributed by atoms with E-state index < -0.39 is 12.0 Å². The molecule has 0 aliphatic heterocycles. The van der Waals surface area contributed by atoms with Crippen molar-refractivity contribution >= 4 is 17.7 Å². The molecule has 0 amide bonds. The molecule has 0 aromatic carbocycles. The van der Waals surface area contributed by atoms with E-state index in [1.807, 2.05) is 6.92 Å². The van der Waals surface area contributed by atoms with Crippen molar-refractivity contribution in [3.05, 3.63) is 12.0 Å². The molecule has 2 N–H and O–H groups in total. The van der Waals surface area contributed by atoms with Crippen LogP contribution < -0.4 is 5.73 Å². The van der Waals surface area contributed by atoms with Crippen LogP contribution >= 0.6 is 11.8 Å². The van der Waals surface area contributed by atoms with Gasteiger partial charge in [0.15, 0.2) is 0 Å². The lowest BCUT2D eigenvalue weighted by molar-refractivity contribution is -0.144. The highest BCUT2D eigenvalue weighted by atomic mass is 32.2. The van der Waals surface area contributed by atoms with Crippen molar-refractivity contribution in [2.24, 2.45) is 5.73 Å². The van der Waals surface area contributed by atoms with Crippen molar-refractivity contribution in [2.75, 3.05) is 12.4 Å². The minimum absolute atomic E-state index is 0.343. The Kier molecular flexibility index (Phi) is 4.64. The van der Waals surface area contributed by atoms with Gasteiger partial charge in [0.1, 0.15) is 12.3 Å². The Morgan fingerprint density at radius 1 is 1.80 bits per heavy atom. The lowest BCUT2D eigenvalue weighted by Crippen LogP contribution is -2.34. The van der Waals surface area contributed by atoms with Crippen LogP contribution in [0.4, 0.5) is 0 Å². The van der Waals surface area contributed by atoms with Gasteiger partial charge in [0.25, 0.3) is 5.22 Å². The van der Waals surface area contributed by atoms with E-state index in [-0.39, 0.29) is 0 Å². The highest BCUT2D eigenvalue weighted by Crippen LogP contribution is 2.17. The summed E-state index contributed by atoms with van der Waals surface area (Å²) < 4.78 is 9.87. The molecule has 15 heavy (non-hydrogen) atoms. The zero-order chi connectivity index (χ0) is 11.3. The lowest BCUT2D eigenvalue weighted by atomic mass is 10.4. The molecule has 0 spiro atoms. The summed E-state index contributed by atoms with van der Waals surface area (Å²) in [6, 6.07) is -0.637. The molecule has 1 aromatic heterocycles. The lowest BCUT2D eigenvalue weighted by Gasteiger charge is -2.07. The Morgan fingerprint density at radius 3 is 3.07 bits per heavy atom. The number of esters is 1. The smallest absolute Gasteiger partial charge is 0.323 e. The second kappa shape index (κ2) is 5.77. The Balaban J connectivity index is 2.33. The zero-order valence-corrected chi connectivity index (χ0v) is 9.54. The van der Waals surface area contributed by atoms with E-state index in [1.165, 1.54) is 11.8 Å². The number of nitrogens with zero attached hydrogens (tertiary/aromatic N) is 1. The first kappa shape index (κ1) is 12.1. The fourth-order valence-electron chi connectivity index (χ4n) is 0.877. The Labute approximate surface area is 92.4 Å². The molecule has 1 rings (SSSR count). The first-order valence-corrected chi connectivity index (χ1v) is 5.59. The maximum atomic E-state index is 11.2. The van der Waals surface area contributed by atoms with Crippen molar-refractivity contribution in [3.63, 3.8) is 0 Å². The summed E-state index contributed by atoms with van der Waals surface area (Å²) in [5.41, 5.74) is 6.40. The first-order chi connectivity index (χ1) is 7.13. The number of rotatable bonds is 5. The van der Waals surface area contributed by atoms with Gasteiger partial charge in [-0.15, -0.1) is 0 Å². The molecule has 0 saturated carbocycles. The number of hydrogen-bond acceptors (Lipinski definition) is 6. The van der Waals surface area contributed by atoms with Crippen LogP contribution in [0.15, 0.2) is 15.9 Å². The summed E-state index contributed by atoms with van der Waals surface area (Å²) in [7, 11) is 0. The van der Waals surface area contributed by atoms with E-state index in [1.54, 1.807) is 13.2 Å². The Morgan fingerprint density at radius 2 is 2.53 bits per heavy atom. The van der Waals surface area contributed by atoms with Gasteiger partial charge >= 0.3 is 5.97 Å². The predicted octanol–water partition coefficient (Wildman–Crippen LogP) is 0.966. The number of aryl methyl sites for hydroxylation is 1. The van der Waals surface area contributed by atoms with Gasteiger partial charge < -0.3 is 14.9 Å². The summed E-state index contributed by atoms with van der Waals surface area (Å²) in [5.74, 6) is 0.00646. The normalized spacial score (nSPS) is 12.5. The molecule has 0 fully saturated rings. The van der Waals surface area contributed by atoms with Crippen LogP contribution in [-0.4, -0.2) is 29.4 Å². The monoisotopic (exact) mass is 230 g/mol. The second-order valence-corrected chi connectivity index (χ2v) is 3.90. The van der Waals surface area contributed by atoms with Crippen LogP contribution in [0.5, 0.6) is 0 Å². The number of thioether (sulfide) groups is 1. The molecule has 0 aliphatic rings. The van der Waals surface area contributed by atoms with E-state index >= 15 is 0 Å². The van der Waals surface area contributed by atoms with Gasteiger partial charge in [-0.25, -0.2) is 4.98 Å². The van der Waals surface area contributed by atoms with E-state index in [4.69, 9.17) is 14.9 Å². The summed E-state index contributed by atoms with van der Waals surface area (Å²) in [4.78, 5) is 15.2. The number of nitrogens with two attached hydrogens (primary N) is 1. The molecule has 6 heteroatoms. The van der Waals surface area contributed by atoms with Crippen LogP contribution in [0.1, 0.15) is 12.6 Å². The van der Waals surface area contributed by atoms with Crippen molar-refractivity contribution in [1.29, 1.82) is 0 Å². The van der Waals surface area contributed by atoms with Crippen LogP contribution in [-0.2, 0) is 9.53 Å². The molecule has 0 radical (unpaired) electrons. The summed E-state index contributed by atoms with van der Waals surface area (Å²) in [6.07, 6.45) is 1.55. The standard InChI is InChI=1S/C9H14N2O3S/c1-3-13-8(12)7(10)5-15-9-11-6(2)4-14-9/h4,7H,3,5,10H2,1-2H3. The molecule has 1 unspecified atom stereocenters. The minimum atomic E-state index is -0.637. The van der Waals surface area contributed by atoms with Crippen molar-refractivity contribution in [3.8, 4) is 0 Å². The summed E-state index contributed by atoms with van der Waals surface area (Å²) >= 11 is 1.30. The van der Waals surface area contributed by atoms with Crippen LogP contribution in [0.2, 0.25) is 0 Å². The molecular formula is C9H14N2O3S. The maximum absolute atomic E-state index is 11.2. The van der Waals surface area contributed by atoms with Gasteiger partial charge in [0.2, 0.25) is 0 Å². The largest absolute Gasteiger partial charge is 0.465 e. The molecule has 84 valence electrons. The maximum Gasteiger partial charge on any atom is 0.323 e. The van der Waals surface area contributed by atoms with Crippen LogP contribution in [0, 0.1) is 6.92 Å². The third-order valence-electron chi connectivity index (χ3n) is 1.57.